The Bertz CT molecular complexity index is 857. The molecule has 1 saturated heterocycles. The highest BCUT2D eigenvalue weighted by Crippen LogP contribution is 2.17. The zero-order valence-electron chi connectivity index (χ0n) is 15.7. The number of benzene rings is 2. The SMILES string of the molecule is O=C(/C=C/c1ccc(OC(F)F)cc1)c1ccc(OCC(=O)N2CCCC2)cc1. The van der Waals surface area contributed by atoms with Gasteiger partial charge in [-0.15, -0.1) is 0 Å². The number of nitrogens with zero attached hydrogens (tertiary/aromatic N) is 1. The van der Waals surface area contributed by atoms with E-state index < -0.39 is 6.61 Å². The molecular formula is C22H21F2NO4. The van der Waals surface area contributed by atoms with E-state index in [-0.39, 0.29) is 24.0 Å². The molecule has 1 fully saturated rings. The van der Waals surface area contributed by atoms with E-state index in [1.807, 2.05) is 0 Å². The van der Waals surface area contributed by atoms with Crippen LogP contribution in [0, 0.1) is 0 Å². The summed E-state index contributed by atoms with van der Waals surface area (Å²) in [5.74, 6) is 0.336. The van der Waals surface area contributed by atoms with Crippen molar-refractivity contribution in [3.05, 3.63) is 65.7 Å². The summed E-state index contributed by atoms with van der Waals surface area (Å²) in [5, 5.41) is 0. The lowest BCUT2D eigenvalue weighted by Crippen LogP contribution is -2.32. The summed E-state index contributed by atoms with van der Waals surface area (Å²) in [7, 11) is 0. The van der Waals surface area contributed by atoms with Gasteiger partial charge in [-0.1, -0.05) is 18.2 Å². The van der Waals surface area contributed by atoms with Gasteiger partial charge < -0.3 is 14.4 Å². The maximum absolute atomic E-state index is 12.3. The summed E-state index contributed by atoms with van der Waals surface area (Å²) in [6.45, 7) is -1.32. The van der Waals surface area contributed by atoms with Crippen molar-refractivity contribution in [3.8, 4) is 11.5 Å². The molecule has 5 nitrogen and oxygen atoms in total. The lowest BCUT2D eigenvalue weighted by molar-refractivity contribution is -0.132. The predicted octanol–water partition coefficient (Wildman–Crippen LogP) is 4.19. The fraction of sp³-hybridized carbons (Fsp3) is 0.273. The number of halogens is 2. The fourth-order valence-corrected chi connectivity index (χ4v) is 2.95. The molecule has 7 heteroatoms. The minimum atomic E-state index is -2.87. The van der Waals surface area contributed by atoms with Gasteiger partial charge in [0.25, 0.3) is 5.91 Å². The topological polar surface area (TPSA) is 55.8 Å². The number of likely N-dealkylation sites (tertiary alicyclic amines) is 1. The number of carbonyl (C=O) groups excluding carboxylic acids is 2. The van der Waals surface area contributed by atoms with Crippen molar-refractivity contribution in [2.75, 3.05) is 19.7 Å². The van der Waals surface area contributed by atoms with Gasteiger partial charge in [0.2, 0.25) is 0 Å². The number of amides is 1. The monoisotopic (exact) mass is 401 g/mol. The number of alkyl halides is 2. The molecule has 0 spiro atoms. The van der Waals surface area contributed by atoms with E-state index in [1.54, 1.807) is 47.4 Å². The Morgan fingerprint density at radius 2 is 1.59 bits per heavy atom. The molecule has 3 rings (SSSR count). The summed E-state index contributed by atoms with van der Waals surface area (Å²) >= 11 is 0. The Balaban J connectivity index is 1.51. The molecule has 0 N–H and O–H groups in total. The second kappa shape index (κ2) is 9.82. The molecule has 0 bridgehead atoms. The lowest BCUT2D eigenvalue weighted by Gasteiger charge is -2.15. The molecular weight excluding hydrogens is 380 g/mol. The van der Waals surface area contributed by atoms with Crippen LogP contribution in [0.4, 0.5) is 8.78 Å². The number of rotatable bonds is 8. The molecule has 29 heavy (non-hydrogen) atoms. The first kappa shape index (κ1) is 20.5. The van der Waals surface area contributed by atoms with Crippen LogP contribution in [0.15, 0.2) is 54.6 Å². The van der Waals surface area contributed by atoms with Gasteiger partial charge >= 0.3 is 6.61 Å². The van der Waals surface area contributed by atoms with Gasteiger partial charge in [0, 0.05) is 18.7 Å². The van der Waals surface area contributed by atoms with Crippen LogP contribution in [-0.4, -0.2) is 42.9 Å². The molecule has 0 saturated carbocycles. The van der Waals surface area contributed by atoms with E-state index in [4.69, 9.17) is 4.74 Å². The molecule has 0 unspecified atom stereocenters. The number of hydrogen-bond donors (Lipinski definition) is 0. The predicted molar refractivity (Wildman–Crippen MR) is 104 cm³/mol. The smallest absolute Gasteiger partial charge is 0.387 e. The van der Waals surface area contributed by atoms with Crippen LogP contribution in [0.5, 0.6) is 11.5 Å². The van der Waals surface area contributed by atoms with Crippen molar-refractivity contribution in [3.63, 3.8) is 0 Å². The van der Waals surface area contributed by atoms with Crippen LogP contribution < -0.4 is 9.47 Å². The quantitative estimate of drug-likeness (QED) is 0.492. The maximum atomic E-state index is 12.3. The molecule has 152 valence electrons. The van der Waals surface area contributed by atoms with Gasteiger partial charge in [0.05, 0.1) is 0 Å². The molecule has 1 aliphatic rings. The Hall–Kier alpha value is -3.22. The zero-order chi connectivity index (χ0) is 20.6. The van der Waals surface area contributed by atoms with Gasteiger partial charge in [-0.05, 0) is 60.9 Å². The van der Waals surface area contributed by atoms with Crippen LogP contribution in [0.1, 0.15) is 28.8 Å². The standard InChI is InChI=1S/C22H21F2NO4/c23-22(24)29-19-8-3-16(4-9-19)5-12-20(26)17-6-10-18(11-7-17)28-15-21(27)25-13-1-2-14-25/h3-12,22H,1-2,13-15H2/b12-5+. The average molecular weight is 401 g/mol. The zero-order valence-corrected chi connectivity index (χ0v) is 15.7. The summed E-state index contributed by atoms with van der Waals surface area (Å²) in [5.41, 5.74) is 1.15. The average Bonchev–Trinajstić information content (AvgIpc) is 3.26. The third-order valence-electron chi connectivity index (χ3n) is 4.49. The number of hydrogen-bond acceptors (Lipinski definition) is 4. The molecule has 2 aromatic carbocycles. The fourth-order valence-electron chi connectivity index (χ4n) is 2.95. The van der Waals surface area contributed by atoms with Crippen LogP contribution in [-0.2, 0) is 4.79 Å². The largest absolute Gasteiger partial charge is 0.484 e. The highest BCUT2D eigenvalue weighted by molar-refractivity contribution is 6.06. The Kier molecular flexibility index (Phi) is 6.94. The Labute approximate surface area is 167 Å². The highest BCUT2D eigenvalue weighted by Gasteiger charge is 2.18. The number of ether oxygens (including phenoxy) is 2. The summed E-state index contributed by atoms with van der Waals surface area (Å²) in [4.78, 5) is 26.0. The summed E-state index contributed by atoms with van der Waals surface area (Å²) in [6.07, 6.45) is 5.05. The van der Waals surface area contributed by atoms with Crippen molar-refractivity contribution in [1.82, 2.24) is 4.90 Å². The first-order chi connectivity index (χ1) is 14.0. The second-order valence-electron chi connectivity index (χ2n) is 6.55. The molecule has 0 aliphatic carbocycles. The molecule has 1 aliphatic heterocycles. The van der Waals surface area contributed by atoms with Gasteiger partial charge in [-0.3, -0.25) is 9.59 Å². The van der Waals surface area contributed by atoms with Gasteiger partial charge in [0.1, 0.15) is 11.5 Å². The number of ketones is 1. The molecule has 0 aromatic heterocycles. The number of allylic oxidation sites excluding steroid dienone is 1. The molecule has 0 atom stereocenters. The summed E-state index contributed by atoms with van der Waals surface area (Å²) in [6, 6.07) is 12.5. The van der Waals surface area contributed by atoms with Crippen molar-refractivity contribution >= 4 is 17.8 Å². The molecule has 1 heterocycles. The van der Waals surface area contributed by atoms with Gasteiger partial charge in [-0.25, -0.2) is 0 Å². The van der Waals surface area contributed by atoms with E-state index in [1.165, 1.54) is 18.2 Å². The van der Waals surface area contributed by atoms with Crippen LogP contribution >= 0.6 is 0 Å². The third kappa shape index (κ3) is 6.14. The van der Waals surface area contributed by atoms with Crippen LogP contribution in [0.3, 0.4) is 0 Å². The van der Waals surface area contributed by atoms with Crippen molar-refractivity contribution in [1.29, 1.82) is 0 Å². The van der Waals surface area contributed by atoms with Crippen molar-refractivity contribution < 1.29 is 27.8 Å². The lowest BCUT2D eigenvalue weighted by atomic mass is 10.1. The van der Waals surface area contributed by atoms with Gasteiger partial charge in [-0.2, -0.15) is 8.78 Å². The van der Waals surface area contributed by atoms with Crippen LogP contribution in [0.2, 0.25) is 0 Å². The number of carbonyl (C=O) groups is 2. The first-order valence-corrected chi connectivity index (χ1v) is 9.29. The molecule has 2 aromatic rings. The Morgan fingerprint density at radius 1 is 0.966 bits per heavy atom. The first-order valence-electron chi connectivity index (χ1n) is 9.29. The molecule has 0 radical (unpaired) electrons. The van der Waals surface area contributed by atoms with E-state index >= 15 is 0 Å². The van der Waals surface area contributed by atoms with E-state index in [2.05, 4.69) is 4.74 Å². The maximum Gasteiger partial charge on any atom is 0.387 e. The van der Waals surface area contributed by atoms with Crippen LogP contribution in [0.25, 0.3) is 6.08 Å². The van der Waals surface area contributed by atoms with Crippen molar-refractivity contribution in [2.45, 2.75) is 19.5 Å². The Morgan fingerprint density at radius 3 is 2.21 bits per heavy atom. The summed E-state index contributed by atoms with van der Waals surface area (Å²) < 4.78 is 34.1. The minimum absolute atomic E-state index is 0.0154. The third-order valence-corrected chi connectivity index (χ3v) is 4.49. The van der Waals surface area contributed by atoms with Gasteiger partial charge in [0.15, 0.2) is 12.4 Å². The van der Waals surface area contributed by atoms with E-state index in [0.717, 1.165) is 25.9 Å². The molecule has 1 amide bonds. The van der Waals surface area contributed by atoms with E-state index in [9.17, 15) is 18.4 Å². The van der Waals surface area contributed by atoms with E-state index in [0.29, 0.717) is 16.9 Å². The minimum Gasteiger partial charge on any atom is -0.484 e. The highest BCUT2D eigenvalue weighted by atomic mass is 19.3. The van der Waals surface area contributed by atoms with Crippen molar-refractivity contribution in [2.24, 2.45) is 0 Å². The normalized spacial score (nSPS) is 13.8. The second-order valence-corrected chi connectivity index (χ2v) is 6.55.